The molecule has 0 radical (unpaired) electrons. The number of fused-ring (bicyclic) bond motifs is 2. The quantitative estimate of drug-likeness (QED) is 0.255. The SMILES string of the molecule is Nc1ccc2c(ccn2Cc2ccc(-c3nc4ccnc(-c5cn[nH]c5)c4cc3-c3ccccc3)cc2)c1. The Morgan fingerprint density at radius 3 is 2.47 bits per heavy atom. The Morgan fingerprint density at radius 2 is 1.66 bits per heavy atom. The highest BCUT2D eigenvalue weighted by atomic mass is 15.1. The van der Waals surface area contributed by atoms with Crippen molar-refractivity contribution < 1.29 is 0 Å². The molecule has 3 N–H and O–H groups in total. The van der Waals surface area contributed by atoms with E-state index in [9.17, 15) is 0 Å². The predicted octanol–water partition coefficient (Wildman–Crippen LogP) is 6.94. The van der Waals surface area contributed by atoms with Gasteiger partial charge in [-0.1, -0.05) is 54.6 Å². The smallest absolute Gasteiger partial charge is 0.0827 e. The highest BCUT2D eigenvalue weighted by molar-refractivity contribution is 5.98. The predicted molar refractivity (Wildman–Crippen MR) is 153 cm³/mol. The number of rotatable bonds is 5. The van der Waals surface area contributed by atoms with Crippen molar-refractivity contribution in [3.05, 3.63) is 121 Å². The molecule has 38 heavy (non-hydrogen) atoms. The lowest BCUT2D eigenvalue weighted by Crippen LogP contribution is -1.98. The van der Waals surface area contributed by atoms with Crippen LogP contribution in [0.3, 0.4) is 0 Å². The van der Waals surface area contributed by atoms with Crippen LogP contribution in [0.15, 0.2) is 116 Å². The highest BCUT2D eigenvalue weighted by Crippen LogP contribution is 2.36. The zero-order valence-electron chi connectivity index (χ0n) is 20.5. The molecule has 0 aliphatic carbocycles. The fourth-order valence-electron chi connectivity index (χ4n) is 5.09. The Labute approximate surface area is 219 Å². The molecule has 7 rings (SSSR count). The number of nitrogens with zero attached hydrogens (tertiary/aromatic N) is 4. The molecule has 6 heteroatoms. The average molecular weight is 493 g/mol. The molecule has 0 aliphatic rings. The summed E-state index contributed by atoms with van der Waals surface area (Å²) in [7, 11) is 0. The topological polar surface area (TPSA) is 85.4 Å². The van der Waals surface area contributed by atoms with Crippen LogP contribution in [0.5, 0.6) is 0 Å². The number of nitrogen functional groups attached to an aromatic ring is 1. The van der Waals surface area contributed by atoms with Crippen molar-refractivity contribution in [2.75, 3.05) is 5.73 Å². The Morgan fingerprint density at radius 1 is 0.789 bits per heavy atom. The van der Waals surface area contributed by atoms with Gasteiger partial charge in [0.05, 0.1) is 23.1 Å². The molecule has 0 fully saturated rings. The summed E-state index contributed by atoms with van der Waals surface area (Å²) in [5, 5.41) is 9.15. The first-order valence-electron chi connectivity index (χ1n) is 12.5. The van der Waals surface area contributed by atoms with E-state index in [1.807, 2.05) is 36.7 Å². The number of pyridine rings is 2. The molecular weight excluding hydrogens is 468 g/mol. The summed E-state index contributed by atoms with van der Waals surface area (Å²) < 4.78 is 2.25. The van der Waals surface area contributed by atoms with E-state index in [1.54, 1.807) is 6.20 Å². The number of hydrogen-bond acceptors (Lipinski definition) is 4. The molecule has 4 heterocycles. The largest absolute Gasteiger partial charge is 0.399 e. The summed E-state index contributed by atoms with van der Waals surface area (Å²) in [6.45, 7) is 0.782. The van der Waals surface area contributed by atoms with Crippen LogP contribution in [-0.2, 0) is 6.54 Å². The number of nitrogens with one attached hydrogen (secondary N) is 1. The van der Waals surface area contributed by atoms with Gasteiger partial charge in [-0.05, 0) is 47.5 Å². The van der Waals surface area contributed by atoms with Crippen LogP contribution in [0.2, 0.25) is 0 Å². The van der Waals surface area contributed by atoms with Crippen LogP contribution in [0.1, 0.15) is 5.56 Å². The Kier molecular flexibility index (Phi) is 5.22. The maximum absolute atomic E-state index is 5.96. The molecule has 6 nitrogen and oxygen atoms in total. The van der Waals surface area contributed by atoms with E-state index < -0.39 is 0 Å². The molecule has 182 valence electrons. The van der Waals surface area contributed by atoms with Crippen LogP contribution in [0, 0.1) is 0 Å². The van der Waals surface area contributed by atoms with Gasteiger partial charge in [-0.2, -0.15) is 5.10 Å². The minimum absolute atomic E-state index is 0.782. The van der Waals surface area contributed by atoms with Crippen molar-refractivity contribution in [2.45, 2.75) is 6.54 Å². The maximum atomic E-state index is 5.96. The number of benzene rings is 3. The number of aromatic nitrogens is 5. The fourth-order valence-corrected chi connectivity index (χ4v) is 5.09. The molecular formula is C32H24N6. The molecule has 0 aliphatic heterocycles. The van der Waals surface area contributed by atoms with Crippen LogP contribution in [0.25, 0.3) is 55.4 Å². The van der Waals surface area contributed by atoms with E-state index in [0.717, 1.165) is 62.2 Å². The van der Waals surface area contributed by atoms with Crippen molar-refractivity contribution in [1.29, 1.82) is 0 Å². The van der Waals surface area contributed by atoms with E-state index in [2.05, 4.69) is 92.7 Å². The summed E-state index contributed by atoms with van der Waals surface area (Å²) in [4.78, 5) is 9.81. The van der Waals surface area contributed by atoms with E-state index in [-0.39, 0.29) is 0 Å². The summed E-state index contributed by atoms with van der Waals surface area (Å²) in [6.07, 6.45) is 7.57. The molecule has 0 bridgehead atoms. The van der Waals surface area contributed by atoms with Gasteiger partial charge in [0.25, 0.3) is 0 Å². The summed E-state index contributed by atoms with van der Waals surface area (Å²) in [6, 6.07) is 31.4. The molecule has 4 aromatic heterocycles. The number of hydrogen-bond donors (Lipinski definition) is 2. The van der Waals surface area contributed by atoms with Crippen molar-refractivity contribution >= 4 is 27.5 Å². The van der Waals surface area contributed by atoms with Gasteiger partial charge in [0.15, 0.2) is 0 Å². The van der Waals surface area contributed by atoms with Crippen molar-refractivity contribution in [1.82, 2.24) is 24.7 Å². The van der Waals surface area contributed by atoms with Crippen molar-refractivity contribution in [3.8, 4) is 33.6 Å². The lowest BCUT2D eigenvalue weighted by Gasteiger charge is -2.14. The number of aromatic amines is 1. The molecule has 0 unspecified atom stereocenters. The highest BCUT2D eigenvalue weighted by Gasteiger charge is 2.15. The molecule has 0 saturated carbocycles. The van der Waals surface area contributed by atoms with E-state index in [4.69, 9.17) is 10.7 Å². The number of nitrogens with two attached hydrogens (primary N) is 1. The minimum atomic E-state index is 0.782. The summed E-state index contributed by atoms with van der Waals surface area (Å²) in [5.74, 6) is 0. The van der Waals surface area contributed by atoms with Gasteiger partial charge in [-0.25, -0.2) is 4.98 Å². The Bertz CT molecular complexity index is 1890. The zero-order valence-corrected chi connectivity index (χ0v) is 20.5. The number of anilines is 1. The zero-order chi connectivity index (χ0) is 25.5. The molecule has 3 aromatic carbocycles. The van der Waals surface area contributed by atoms with Gasteiger partial charge < -0.3 is 10.3 Å². The summed E-state index contributed by atoms with van der Waals surface area (Å²) in [5.41, 5.74) is 16.0. The third-order valence-electron chi connectivity index (χ3n) is 6.97. The minimum Gasteiger partial charge on any atom is -0.399 e. The first-order chi connectivity index (χ1) is 18.7. The second-order valence-corrected chi connectivity index (χ2v) is 9.42. The number of H-pyrrole nitrogens is 1. The first-order valence-corrected chi connectivity index (χ1v) is 12.5. The van der Waals surface area contributed by atoms with Gasteiger partial charge in [0.1, 0.15) is 0 Å². The van der Waals surface area contributed by atoms with Gasteiger partial charge >= 0.3 is 0 Å². The monoisotopic (exact) mass is 492 g/mol. The van der Waals surface area contributed by atoms with Crippen LogP contribution in [0.4, 0.5) is 5.69 Å². The van der Waals surface area contributed by atoms with Crippen LogP contribution < -0.4 is 5.73 Å². The van der Waals surface area contributed by atoms with Crippen molar-refractivity contribution in [2.24, 2.45) is 0 Å². The second-order valence-electron chi connectivity index (χ2n) is 9.42. The second kappa shape index (κ2) is 9.01. The fraction of sp³-hybridized carbons (Fsp3) is 0.0312. The van der Waals surface area contributed by atoms with Gasteiger partial charge in [0.2, 0.25) is 0 Å². The lowest BCUT2D eigenvalue weighted by atomic mass is 9.96. The van der Waals surface area contributed by atoms with Crippen molar-refractivity contribution in [3.63, 3.8) is 0 Å². The Hall–Kier alpha value is -5.23. The van der Waals surface area contributed by atoms with Gasteiger partial charge in [0, 0.05) is 63.8 Å². The normalized spacial score (nSPS) is 11.4. The first kappa shape index (κ1) is 22.0. The maximum Gasteiger partial charge on any atom is 0.0827 e. The molecule has 0 saturated heterocycles. The third-order valence-corrected chi connectivity index (χ3v) is 6.97. The van der Waals surface area contributed by atoms with E-state index >= 15 is 0 Å². The van der Waals surface area contributed by atoms with Gasteiger partial charge in [-0.15, -0.1) is 0 Å². The Balaban J connectivity index is 1.31. The standard InChI is InChI=1S/C32H24N6/c33-26-10-11-30-24(16-26)13-15-38(30)20-21-6-8-23(9-7-21)32-27(22-4-2-1-3-5-22)17-28-29(37-32)12-14-34-31(28)25-18-35-36-19-25/h1-19H,20,33H2,(H,35,36). The van der Waals surface area contributed by atoms with E-state index in [0.29, 0.717) is 0 Å². The van der Waals surface area contributed by atoms with Gasteiger partial charge in [-0.3, -0.25) is 10.1 Å². The third kappa shape index (κ3) is 3.89. The molecule has 0 spiro atoms. The molecule has 0 amide bonds. The summed E-state index contributed by atoms with van der Waals surface area (Å²) >= 11 is 0. The van der Waals surface area contributed by atoms with Crippen LogP contribution >= 0.6 is 0 Å². The average Bonchev–Trinajstić information content (AvgIpc) is 3.63. The molecule has 7 aromatic rings. The lowest BCUT2D eigenvalue weighted by molar-refractivity contribution is 0.837. The van der Waals surface area contributed by atoms with Crippen LogP contribution in [-0.4, -0.2) is 24.7 Å². The van der Waals surface area contributed by atoms with E-state index in [1.165, 1.54) is 11.1 Å². The molecule has 0 atom stereocenters.